The number of hydrogen-bond donors (Lipinski definition) is 2. The average molecular weight is 313 g/mol. The molecule has 0 aromatic heterocycles. The Morgan fingerprint density at radius 2 is 2.22 bits per heavy atom. The van der Waals surface area contributed by atoms with Crippen LogP contribution in [0.3, 0.4) is 0 Å². The van der Waals surface area contributed by atoms with Crippen molar-refractivity contribution in [1.29, 1.82) is 0 Å². The topological polar surface area (TPSA) is 47.3 Å². The molecule has 1 fully saturated rings. The number of nitrogens with two attached hydrogens (primary N) is 1. The highest BCUT2D eigenvalue weighted by molar-refractivity contribution is 9.10. The van der Waals surface area contributed by atoms with Gasteiger partial charge < -0.3 is 15.8 Å². The molecule has 0 aliphatic carbocycles. The van der Waals surface area contributed by atoms with Crippen LogP contribution in [-0.2, 0) is 11.2 Å². The monoisotopic (exact) mass is 312 g/mol. The zero-order valence-electron chi connectivity index (χ0n) is 10.8. The maximum atomic E-state index is 5.78. The zero-order valence-corrected chi connectivity index (χ0v) is 12.4. The molecule has 0 amide bonds. The van der Waals surface area contributed by atoms with Gasteiger partial charge in [0.2, 0.25) is 0 Å². The van der Waals surface area contributed by atoms with Gasteiger partial charge in [0.25, 0.3) is 0 Å². The average Bonchev–Trinajstić information content (AvgIpc) is 2.31. The summed E-state index contributed by atoms with van der Waals surface area (Å²) in [7, 11) is 0. The first-order valence-electron chi connectivity index (χ1n) is 6.39. The molecular weight excluding hydrogens is 292 g/mol. The minimum absolute atomic E-state index is 0.187. The summed E-state index contributed by atoms with van der Waals surface area (Å²) in [5.41, 5.74) is 8.71. The second-order valence-electron chi connectivity index (χ2n) is 5.19. The third kappa shape index (κ3) is 3.32. The van der Waals surface area contributed by atoms with Crippen LogP contribution in [0.1, 0.15) is 11.1 Å². The largest absolute Gasteiger partial charge is 0.380 e. The van der Waals surface area contributed by atoms with Gasteiger partial charge in [-0.05, 0) is 43.1 Å². The Morgan fingerprint density at radius 1 is 1.44 bits per heavy atom. The molecule has 1 aliphatic heterocycles. The van der Waals surface area contributed by atoms with Crippen LogP contribution in [0.15, 0.2) is 22.7 Å². The van der Waals surface area contributed by atoms with Crippen molar-refractivity contribution in [1.82, 2.24) is 5.32 Å². The van der Waals surface area contributed by atoms with Crippen molar-refractivity contribution in [2.75, 3.05) is 32.8 Å². The Bertz CT molecular complexity index is 399. The van der Waals surface area contributed by atoms with Crippen molar-refractivity contribution in [2.24, 2.45) is 11.1 Å². The summed E-state index contributed by atoms with van der Waals surface area (Å²) in [5, 5.41) is 3.50. The summed E-state index contributed by atoms with van der Waals surface area (Å²) in [6.07, 6.45) is 1.05. The number of rotatable bonds is 6. The maximum Gasteiger partial charge on any atom is 0.0569 e. The van der Waals surface area contributed by atoms with Crippen molar-refractivity contribution < 1.29 is 4.74 Å². The highest BCUT2D eigenvalue weighted by Crippen LogP contribution is 2.24. The van der Waals surface area contributed by atoms with Gasteiger partial charge in [-0.25, -0.2) is 0 Å². The first-order valence-corrected chi connectivity index (χ1v) is 7.18. The summed E-state index contributed by atoms with van der Waals surface area (Å²) in [6.45, 7) is 6.40. The minimum atomic E-state index is 0.187. The third-order valence-electron chi connectivity index (χ3n) is 3.63. The quantitative estimate of drug-likeness (QED) is 0.788. The molecule has 3 nitrogen and oxygen atoms in total. The molecule has 1 heterocycles. The molecule has 100 valence electrons. The van der Waals surface area contributed by atoms with Crippen molar-refractivity contribution in [3.05, 3.63) is 33.8 Å². The van der Waals surface area contributed by atoms with Crippen LogP contribution in [0.25, 0.3) is 0 Å². The molecule has 1 saturated heterocycles. The van der Waals surface area contributed by atoms with E-state index in [1.807, 2.05) is 0 Å². The van der Waals surface area contributed by atoms with E-state index in [1.165, 1.54) is 11.1 Å². The molecule has 0 saturated carbocycles. The first kappa shape index (κ1) is 14.0. The van der Waals surface area contributed by atoms with E-state index in [2.05, 4.69) is 46.4 Å². The smallest absolute Gasteiger partial charge is 0.0569 e. The Kier molecular flexibility index (Phi) is 4.78. The number of benzene rings is 1. The molecule has 0 bridgehead atoms. The van der Waals surface area contributed by atoms with Gasteiger partial charge in [0.1, 0.15) is 0 Å². The highest BCUT2D eigenvalue weighted by Gasteiger charge is 2.36. The van der Waals surface area contributed by atoms with Crippen LogP contribution in [-0.4, -0.2) is 32.8 Å². The molecule has 1 aromatic carbocycles. The van der Waals surface area contributed by atoms with E-state index >= 15 is 0 Å². The molecule has 4 heteroatoms. The third-order valence-corrected chi connectivity index (χ3v) is 4.13. The summed E-state index contributed by atoms with van der Waals surface area (Å²) >= 11 is 3.52. The van der Waals surface area contributed by atoms with Crippen LogP contribution < -0.4 is 11.1 Å². The molecule has 18 heavy (non-hydrogen) atoms. The lowest BCUT2D eigenvalue weighted by molar-refractivity contribution is -0.104. The number of ether oxygens (including phenoxy) is 1. The molecule has 0 unspecified atom stereocenters. The predicted octanol–water partition coefficient (Wildman–Crippen LogP) is 1.86. The standard InChI is InChI=1S/C14H21BrN2O/c1-11-2-3-13(15)6-12(11)4-5-17-8-14(7-16)9-18-10-14/h2-3,6,17H,4-5,7-10,16H2,1H3. The van der Waals surface area contributed by atoms with Crippen LogP contribution in [0.5, 0.6) is 0 Å². The predicted molar refractivity (Wildman–Crippen MR) is 77.8 cm³/mol. The Morgan fingerprint density at radius 3 is 2.83 bits per heavy atom. The molecule has 1 aliphatic rings. The van der Waals surface area contributed by atoms with Crippen molar-refractivity contribution in [3.8, 4) is 0 Å². The number of nitrogens with one attached hydrogen (secondary N) is 1. The zero-order chi connectivity index (χ0) is 13.0. The van der Waals surface area contributed by atoms with E-state index in [0.29, 0.717) is 6.54 Å². The fraction of sp³-hybridized carbons (Fsp3) is 0.571. The van der Waals surface area contributed by atoms with Crippen molar-refractivity contribution in [2.45, 2.75) is 13.3 Å². The van der Waals surface area contributed by atoms with E-state index in [0.717, 1.165) is 37.2 Å². The van der Waals surface area contributed by atoms with Gasteiger partial charge in [-0.3, -0.25) is 0 Å². The molecule has 1 aromatic rings. The van der Waals surface area contributed by atoms with Crippen LogP contribution in [0, 0.1) is 12.3 Å². The lowest BCUT2D eigenvalue weighted by Crippen LogP contribution is -2.54. The highest BCUT2D eigenvalue weighted by atomic mass is 79.9. The van der Waals surface area contributed by atoms with Crippen LogP contribution in [0.2, 0.25) is 0 Å². The van der Waals surface area contributed by atoms with Gasteiger partial charge in [-0.15, -0.1) is 0 Å². The first-order chi connectivity index (χ1) is 8.65. The Labute approximate surface area is 117 Å². The van der Waals surface area contributed by atoms with Gasteiger partial charge in [-0.2, -0.15) is 0 Å². The Hall–Kier alpha value is -0.420. The normalized spacial score (nSPS) is 17.5. The Balaban J connectivity index is 1.76. The fourth-order valence-corrected chi connectivity index (χ4v) is 2.58. The second-order valence-corrected chi connectivity index (χ2v) is 6.11. The van der Waals surface area contributed by atoms with Gasteiger partial charge in [0.15, 0.2) is 0 Å². The number of aryl methyl sites for hydroxylation is 1. The van der Waals surface area contributed by atoms with Crippen molar-refractivity contribution >= 4 is 15.9 Å². The second kappa shape index (κ2) is 6.15. The summed E-state index contributed by atoms with van der Waals surface area (Å²) in [5.74, 6) is 0. The molecule has 3 N–H and O–H groups in total. The molecule has 0 radical (unpaired) electrons. The van der Waals surface area contributed by atoms with E-state index in [4.69, 9.17) is 10.5 Å². The lowest BCUT2D eigenvalue weighted by atomic mass is 9.86. The van der Waals surface area contributed by atoms with Gasteiger partial charge in [0, 0.05) is 23.0 Å². The van der Waals surface area contributed by atoms with E-state index < -0.39 is 0 Å². The van der Waals surface area contributed by atoms with Crippen molar-refractivity contribution in [3.63, 3.8) is 0 Å². The summed E-state index contributed by atoms with van der Waals surface area (Å²) in [4.78, 5) is 0. The minimum Gasteiger partial charge on any atom is -0.380 e. The van der Waals surface area contributed by atoms with E-state index in [-0.39, 0.29) is 5.41 Å². The lowest BCUT2D eigenvalue weighted by Gasteiger charge is -2.40. The van der Waals surface area contributed by atoms with E-state index in [1.54, 1.807) is 0 Å². The summed E-state index contributed by atoms with van der Waals surface area (Å²) < 4.78 is 6.40. The molecule has 2 rings (SSSR count). The summed E-state index contributed by atoms with van der Waals surface area (Å²) in [6, 6.07) is 6.43. The maximum absolute atomic E-state index is 5.78. The molecule has 0 spiro atoms. The van der Waals surface area contributed by atoms with E-state index in [9.17, 15) is 0 Å². The SMILES string of the molecule is Cc1ccc(Br)cc1CCNCC1(CN)COC1. The number of halogens is 1. The van der Waals surface area contributed by atoms with Crippen LogP contribution >= 0.6 is 15.9 Å². The molecule has 0 atom stereocenters. The van der Waals surface area contributed by atoms with Gasteiger partial charge in [-0.1, -0.05) is 22.0 Å². The van der Waals surface area contributed by atoms with Gasteiger partial charge in [0.05, 0.1) is 13.2 Å². The molecular formula is C14H21BrN2O. The number of hydrogen-bond acceptors (Lipinski definition) is 3. The fourth-order valence-electron chi connectivity index (χ4n) is 2.17. The van der Waals surface area contributed by atoms with Gasteiger partial charge >= 0.3 is 0 Å². The van der Waals surface area contributed by atoms with Crippen LogP contribution in [0.4, 0.5) is 0 Å².